The van der Waals surface area contributed by atoms with Crippen LogP contribution >= 0.6 is 0 Å². The lowest BCUT2D eigenvalue weighted by molar-refractivity contribution is 0.0526. The van der Waals surface area contributed by atoms with Gasteiger partial charge in [-0.05, 0) is 13.8 Å². The molecule has 0 spiro atoms. The van der Waals surface area contributed by atoms with E-state index in [9.17, 15) is 4.79 Å². The van der Waals surface area contributed by atoms with E-state index in [4.69, 9.17) is 9.26 Å². The first kappa shape index (κ1) is 11.4. The van der Waals surface area contributed by atoms with E-state index in [1.54, 1.807) is 6.92 Å². The Bertz CT molecular complexity index is 514. The molecule has 2 rings (SSSR count). The summed E-state index contributed by atoms with van der Waals surface area (Å²) in [7, 11) is 0. The third kappa shape index (κ3) is 2.36. The van der Waals surface area contributed by atoms with Crippen LogP contribution in [0.2, 0.25) is 0 Å². The van der Waals surface area contributed by atoms with Crippen LogP contribution in [0.25, 0.3) is 11.3 Å². The van der Waals surface area contributed by atoms with Crippen LogP contribution in [0.1, 0.15) is 22.8 Å². The zero-order valence-electron chi connectivity index (χ0n) is 9.77. The van der Waals surface area contributed by atoms with Crippen LogP contribution in [-0.4, -0.2) is 17.7 Å². The van der Waals surface area contributed by atoms with Gasteiger partial charge in [0.15, 0.2) is 0 Å². The van der Waals surface area contributed by atoms with Crippen molar-refractivity contribution in [2.75, 3.05) is 6.61 Å². The monoisotopic (exact) mass is 231 g/mol. The Hall–Kier alpha value is -2.10. The molecule has 4 nitrogen and oxygen atoms in total. The molecule has 1 aromatic carbocycles. The summed E-state index contributed by atoms with van der Waals surface area (Å²) in [4.78, 5) is 11.6. The minimum atomic E-state index is -0.413. The zero-order valence-corrected chi connectivity index (χ0v) is 9.77. The van der Waals surface area contributed by atoms with Crippen molar-refractivity contribution in [3.63, 3.8) is 0 Å². The second kappa shape index (κ2) is 4.82. The average molecular weight is 231 g/mol. The van der Waals surface area contributed by atoms with Crippen LogP contribution in [0.15, 0.2) is 35.1 Å². The zero-order chi connectivity index (χ0) is 12.3. The Morgan fingerprint density at radius 2 is 2.06 bits per heavy atom. The largest absolute Gasteiger partial charge is 0.462 e. The molecule has 17 heavy (non-hydrogen) atoms. The molecule has 0 bridgehead atoms. The molecule has 0 radical (unpaired) electrons. The molecule has 4 heteroatoms. The Morgan fingerprint density at radius 3 is 2.71 bits per heavy atom. The van der Waals surface area contributed by atoms with Gasteiger partial charge in [-0.1, -0.05) is 35.0 Å². The highest BCUT2D eigenvalue weighted by Gasteiger charge is 2.18. The van der Waals surface area contributed by atoms with Crippen molar-refractivity contribution in [2.24, 2.45) is 0 Å². The number of carbonyl (C=O) groups excluding carboxylic acids is 1. The van der Waals surface area contributed by atoms with E-state index >= 15 is 0 Å². The lowest BCUT2D eigenvalue weighted by Crippen LogP contribution is -2.04. The lowest BCUT2D eigenvalue weighted by Gasteiger charge is -2.01. The molecule has 0 aliphatic carbocycles. The van der Waals surface area contributed by atoms with Crippen molar-refractivity contribution in [1.29, 1.82) is 0 Å². The number of hydrogen-bond acceptors (Lipinski definition) is 4. The summed E-state index contributed by atoms with van der Waals surface area (Å²) in [6, 6.07) is 7.71. The third-order valence-corrected chi connectivity index (χ3v) is 2.39. The minimum Gasteiger partial charge on any atom is -0.462 e. The second-order valence-electron chi connectivity index (χ2n) is 3.66. The number of aromatic nitrogens is 1. The highest BCUT2D eigenvalue weighted by atomic mass is 16.5. The maximum absolute atomic E-state index is 11.6. The van der Waals surface area contributed by atoms with Gasteiger partial charge in [-0.25, -0.2) is 4.79 Å². The SMILES string of the molecule is CCOC(=O)c1conc1-c1ccc(C)cc1. The van der Waals surface area contributed by atoms with Gasteiger partial charge in [0.1, 0.15) is 17.5 Å². The fourth-order valence-corrected chi connectivity index (χ4v) is 1.51. The highest BCUT2D eigenvalue weighted by Crippen LogP contribution is 2.23. The van der Waals surface area contributed by atoms with Gasteiger partial charge in [0.05, 0.1) is 6.61 Å². The van der Waals surface area contributed by atoms with E-state index in [-0.39, 0.29) is 0 Å². The van der Waals surface area contributed by atoms with Crippen molar-refractivity contribution in [3.05, 3.63) is 41.7 Å². The molecule has 0 saturated heterocycles. The standard InChI is InChI=1S/C13H13NO3/c1-3-16-13(15)11-8-17-14-12(11)10-6-4-9(2)5-7-10/h4-8H,3H2,1-2H3. The predicted octanol–water partition coefficient (Wildman–Crippen LogP) is 2.83. The maximum atomic E-state index is 11.6. The number of rotatable bonds is 3. The molecular weight excluding hydrogens is 218 g/mol. The van der Waals surface area contributed by atoms with Gasteiger partial charge in [-0.3, -0.25) is 0 Å². The summed E-state index contributed by atoms with van der Waals surface area (Å²) >= 11 is 0. The molecule has 1 heterocycles. The van der Waals surface area contributed by atoms with Gasteiger partial charge in [-0.2, -0.15) is 0 Å². The quantitative estimate of drug-likeness (QED) is 0.762. The van der Waals surface area contributed by atoms with Gasteiger partial charge in [0, 0.05) is 5.56 Å². The van der Waals surface area contributed by atoms with Crippen molar-refractivity contribution in [3.8, 4) is 11.3 Å². The number of ether oxygens (including phenoxy) is 1. The summed E-state index contributed by atoms with van der Waals surface area (Å²) in [5, 5.41) is 3.84. The van der Waals surface area contributed by atoms with Crippen LogP contribution in [0.3, 0.4) is 0 Å². The molecule has 0 saturated carbocycles. The molecule has 0 unspecified atom stereocenters. The third-order valence-electron chi connectivity index (χ3n) is 2.39. The van der Waals surface area contributed by atoms with Gasteiger partial charge in [-0.15, -0.1) is 0 Å². The number of hydrogen-bond donors (Lipinski definition) is 0. The normalized spacial score (nSPS) is 10.2. The number of aryl methyl sites for hydroxylation is 1. The van der Waals surface area contributed by atoms with Gasteiger partial charge < -0.3 is 9.26 Å². The number of carbonyl (C=O) groups is 1. The van der Waals surface area contributed by atoms with E-state index in [0.29, 0.717) is 17.9 Å². The Balaban J connectivity index is 2.36. The Labute approximate surface area is 99.2 Å². The first-order chi connectivity index (χ1) is 8.22. The molecule has 0 atom stereocenters. The summed E-state index contributed by atoms with van der Waals surface area (Å²) in [5.41, 5.74) is 2.86. The van der Waals surface area contributed by atoms with E-state index in [0.717, 1.165) is 11.1 Å². The molecule has 2 aromatic rings. The van der Waals surface area contributed by atoms with Crippen molar-refractivity contribution >= 4 is 5.97 Å². The molecule has 0 N–H and O–H groups in total. The van der Waals surface area contributed by atoms with Crippen molar-refractivity contribution < 1.29 is 14.1 Å². The smallest absolute Gasteiger partial charge is 0.343 e. The number of nitrogens with zero attached hydrogens (tertiary/aromatic N) is 1. The van der Waals surface area contributed by atoms with E-state index in [1.807, 2.05) is 31.2 Å². The summed E-state index contributed by atoms with van der Waals surface area (Å²) in [6.45, 7) is 4.09. The summed E-state index contributed by atoms with van der Waals surface area (Å²) in [5.74, 6) is -0.413. The van der Waals surface area contributed by atoms with Crippen LogP contribution in [0.5, 0.6) is 0 Å². The van der Waals surface area contributed by atoms with Gasteiger partial charge in [0.25, 0.3) is 0 Å². The van der Waals surface area contributed by atoms with Crippen molar-refractivity contribution in [1.82, 2.24) is 5.16 Å². The molecule has 0 aliphatic heterocycles. The lowest BCUT2D eigenvalue weighted by atomic mass is 10.1. The van der Waals surface area contributed by atoms with Gasteiger partial charge >= 0.3 is 5.97 Å². The molecular formula is C13H13NO3. The predicted molar refractivity (Wildman–Crippen MR) is 62.6 cm³/mol. The Morgan fingerprint density at radius 1 is 1.35 bits per heavy atom. The highest BCUT2D eigenvalue weighted by molar-refractivity contribution is 5.95. The fraction of sp³-hybridized carbons (Fsp3) is 0.231. The van der Waals surface area contributed by atoms with Crippen LogP contribution in [-0.2, 0) is 4.74 Å². The topological polar surface area (TPSA) is 52.3 Å². The van der Waals surface area contributed by atoms with Crippen LogP contribution in [0.4, 0.5) is 0 Å². The van der Waals surface area contributed by atoms with Gasteiger partial charge in [0.2, 0.25) is 0 Å². The van der Waals surface area contributed by atoms with Crippen LogP contribution < -0.4 is 0 Å². The first-order valence-electron chi connectivity index (χ1n) is 5.41. The molecule has 0 aliphatic rings. The minimum absolute atomic E-state index is 0.331. The number of benzene rings is 1. The summed E-state index contributed by atoms with van der Waals surface area (Å²) < 4.78 is 9.78. The fourth-order valence-electron chi connectivity index (χ4n) is 1.51. The molecule has 0 amide bonds. The summed E-state index contributed by atoms with van der Waals surface area (Å²) in [6.07, 6.45) is 1.31. The first-order valence-corrected chi connectivity index (χ1v) is 5.41. The molecule has 1 aromatic heterocycles. The second-order valence-corrected chi connectivity index (χ2v) is 3.66. The van der Waals surface area contributed by atoms with E-state index < -0.39 is 5.97 Å². The Kier molecular flexibility index (Phi) is 3.23. The maximum Gasteiger partial charge on any atom is 0.343 e. The molecule has 0 fully saturated rings. The number of esters is 1. The molecule has 88 valence electrons. The van der Waals surface area contributed by atoms with E-state index in [1.165, 1.54) is 6.26 Å². The van der Waals surface area contributed by atoms with Crippen molar-refractivity contribution in [2.45, 2.75) is 13.8 Å². The van der Waals surface area contributed by atoms with Crippen LogP contribution in [0, 0.1) is 6.92 Å². The average Bonchev–Trinajstić information content (AvgIpc) is 2.79. The van der Waals surface area contributed by atoms with E-state index in [2.05, 4.69) is 5.16 Å².